The van der Waals surface area contributed by atoms with E-state index in [4.69, 9.17) is 4.74 Å². The van der Waals surface area contributed by atoms with E-state index in [1.54, 1.807) is 0 Å². The van der Waals surface area contributed by atoms with Crippen molar-refractivity contribution >= 4 is 0 Å². The molecule has 0 radical (unpaired) electrons. The van der Waals surface area contributed by atoms with Crippen LogP contribution in [0.15, 0.2) is 60.7 Å². The maximum Gasteiger partial charge on any atom is 0.126 e. The minimum Gasteiger partial charge on any atom is -0.385 e. The van der Waals surface area contributed by atoms with Gasteiger partial charge in [0, 0.05) is 5.92 Å². The van der Waals surface area contributed by atoms with Gasteiger partial charge in [-0.25, -0.2) is 0 Å². The molecular formula is C24H34NO2+. The average Bonchev–Trinajstić information content (AvgIpc) is 2.71. The van der Waals surface area contributed by atoms with E-state index in [-0.39, 0.29) is 6.10 Å². The van der Waals surface area contributed by atoms with Gasteiger partial charge in [0.1, 0.15) is 18.8 Å². The summed E-state index contributed by atoms with van der Waals surface area (Å²) in [5.41, 5.74) is 2.24. The SMILES string of the molecule is C[C@H]1[C@@H]([NH2+]C[C@H](O)COC(c2ccccc2)c2ccccc2)CCC[C@@H]1C. The van der Waals surface area contributed by atoms with E-state index in [0.717, 1.165) is 17.0 Å². The zero-order chi connectivity index (χ0) is 19.1. The Kier molecular flexibility index (Phi) is 7.45. The number of quaternary nitrogens is 1. The first-order valence-electron chi connectivity index (χ1n) is 10.4. The molecule has 1 saturated carbocycles. The molecule has 3 rings (SSSR count). The van der Waals surface area contributed by atoms with Crippen LogP contribution in [0, 0.1) is 11.8 Å². The van der Waals surface area contributed by atoms with E-state index < -0.39 is 6.10 Å². The number of hydrogen-bond acceptors (Lipinski definition) is 2. The van der Waals surface area contributed by atoms with Crippen molar-refractivity contribution in [1.82, 2.24) is 0 Å². The van der Waals surface area contributed by atoms with E-state index >= 15 is 0 Å². The molecule has 4 atom stereocenters. The van der Waals surface area contributed by atoms with Gasteiger partial charge in [-0.2, -0.15) is 0 Å². The molecule has 1 aliphatic rings. The summed E-state index contributed by atoms with van der Waals surface area (Å²) < 4.78 is 6.19. The zero-order valence-electron chi connectivity index (χ0n) is 16.6. The largest absolute Gasteiger partial charge is 0.385 e. The first-order valence-corrected chi connectivity index (χ1v) is 10.4. The third kappa shape index (κ3) is 5.65. The third-order valence-electron chi connectivity index (χ3n) is 6.14. The van der Waals surface area contributed by atoms with Gasteiger partial charge in [-0.1, -0.05) is 74.5 Å². The number of rotatable bonds is 8. The van der Waals surface area contributed by atoms with Crippen LogP contribution in [0.4, 0.5) is 0 Å². The predicted molar refractivity (Wildman–Crippen MR) is 109 cm³/mol. The minimum absolute atomic E-state index is 0.143. The minimum atomic E-state index is -0.454. The van der Waals surface area contributed by atoms with Crippen LogP contribution in [0.5, 0.6) is 0 Å². The molecule has 0 aromatic heterocycles. The van der Waals surface area contributed by atoms with Gasteiger partial charge >= 0.3 is 0 Å². The van der Waals surface area contributed by atoms with Crippen LogP contribution in [-0.2, 0) is 4.74 Å². The van der Waals surface area contributed by atoms with E-state index in [0.29, 0.717) is 25.1 Å². The number of hydrogen-bond donors (Lipinski definition) is 2. The summed E-state index contributed by atoms with van der Waals surface area (Å²) in [6.45, 7) is 5.77. The fourth-order valence-electron chi connectivity index (χ4n) is 4.20. The summed E-state index contributed by atoms with van der Waals surface area (Å²) in [6.07, 6.45) is 3.31. The van der Waals surface area contributed by atoms with Crippen molar-refractivity contribution in [2.75, 3.05) is 13.2 Å². The van der Waals surface area contributed by atoms with Crippen LogP contribution < -0.4 is 5.32 Å². The summed E-state index contributed by atoms with van der Waals surface area (Å²) in [5.74, 6) is 1.50. The molecule has 27 heavy (non-hydrogen) atoms. The Labute approximate surface area is 163 Å². The zero-order valence-corrected chi connectivity index (χ0v) is 16.6. The van der Waals surface area contributed by atoms with Gasteiger partial charge in [0.25, 0.3) is 0 Å². The van der Waals surface area contributed by atoms with Gasteiger partial charge < -0.3 is 15.2 Å². The lowest BCUT2D eigenvalue weighted by Gasteiger charge is -2.32. The van der Waals surface area contributed by atoms with Crippen molar-refractivity contribution in [2.24, 2.45) is 11.8 Å². The van der Waals surface area contributed by atoms with Crippen LogP contribution in [0.3, 0.4) is 0 Å². The lowest BCUT2D eigenvalue weighted by Crippen LogP contribution is -2.93. The van der Waals surface area contributed by atoms with Crippen molar-refractivity contribution in [3.63, 3.8) is 0 Å². The number of benzene rings is 2. The van der Waals surface area contributed by atoms with Crippen LogP contribution in [0.1, 0.15) is 50.3 Å². The average molecular weight is 369 g/mol. The second-order valence-corrected chi connectivity index (χ2v) is 8.09. The lowest BCUT2D eigenvalue weighted by atomic mass is 9.78. The molecule has 3 nitrogen and oxygen atoms in total. The fraction of sp³-hybridized carbons (Fsp3) is 0.500. The van der Waals surface area contributed by atoms with E-state index in [1.165, 1.54) is 19.3 Å². The summed E-state index contributed by atoms with van der Waals surface area (Å²) in [6, 6.07) is 21.1. The molecule has 2 aromatic rings. The molecule has 0 spiro atoms. The Morgan fingerprint density at radius 3 is 2.15 bits per heavy atom. The van der Waals surface area contributed by atoms with Gasteiger partial charge in [-0.15, -0.1) is 0 Å². The molecule has 146 valence electrons. The first-order chi connectivity index (χ1) is 13.1. The highest BCUT2D eigenvalue weighted by Gasteiger charge is 2.30. The highest BCUT2D eigenvalue weighted by Crippen LogP contribution is 2.28. The van der Waals surface area contributed by atoms with Crippen molar-refractivity contribution in [3.8, 4) is 0 Å². The van der Waals surface area contributed by atoms with Crippen LogP contribution in [0.25, 0.3) is 0 Å². The Hall–Kier alpha value is -1.68. The van der Waals surface area contributed by atoms with E-state index in [1.807, 2.05) is 36.4 Å². The Morgan fingerprint density at radius 1 is 0.963 bits per heavy atom. The maximum atomic E-state index is 10.5. The second kappa shape index (κ2) is 10.0. The third-order valence-corrected chi connectivity index (χ3v) is 6.14. The Balaban J connectivity index is 1.55. The predicted octanol–water partition coefficient (Wildman–Crippen LogP) is 3.54. The summed E-state index contributed by atoms with van der Waals surface area (Å²) in [7, 11) is 0. The quantitative estimate of drug-likeness (QED) is 0.749. The maximum absolute atomic E-state index is 10.5. The summed E-state index contributed by atoms with van der Waals surface area (Å²) >= 11 is 0. The van der Waals surface area contributed by atoms with Crippen LogP contribution in [0.2, 0.25) is 0 Å². The highest BCUT2D eigenvalue weighted by atomic mass is 16.5. The molecule has 1 aliphatic carbocycles. The first kappa shape index (κ1) is 20.1. The molecule has 0 heterocycles. The molecule has 3 heteroatoms. The normalized spacial score (nSPS) is 24.1. The molecule has 0 amide bonds. The fourth-order valence-corrected chi connectivity index (χ4v) is 4.20. The van der Waals surface area contributed by atoms with Gasteiger partial charge in [-0.3, -0.25) is 0 Å². The molecule has 1 fully saturated rings. The molecule has 2 aromatic carbocycles. The monoisotopic (exact) mass is 368 g/mol. The van der Waals surface area contributed by atoms with E-state index in [9.17, 15) is 5.11 Å². The molecule has 0 unspecified atom stereocenters. The molecule has 3 N–H and O–H groups in total. The van der Waals surface area contributed by atoms with Gasteiger partial charge in [-0.05, 0) is 36.3 Å². The van der Waals surface area contributed by atoms with E-state index in [2.05, 4.69) is 43.4 Å². The molecular weight excluding hydrogens is 334 g/mol. The summed E-state index contributed by atoms with van der Waals surface area (Å²) in [4.78, 5) is 0. The number of aliphatic hydroxyl groups excluding tert-OH is 1. The number of aliphatic hydroxyl groups is 1. The Morgan fingerprint density at radius 2 is 1.56 bits per heavy atom. The molecule has 0 saturated heterocycles. The lowest BCUT2D eigenvalue weighted by molar-refractivity contribution is -0.704. The number of ether oxygens (including phenoxy) is 1. The van der Waals surface area contributed by atoms with Crippen molar-refractivity contribution < 1.29 is 15.2 Å². The van der Waals surface area contributed by atoms with Crippen molar-refractivity contribution in [3.05, 3.63) is 71.8 Å². The van der Waals surface area contributed by atoms with Gasteiger partial charge in [0.15, 0.2) is 0 Å². The Bertz CT molecular complexity index is 621. The smallest absolute Gasteiger partial charge is 0.126 e. The second-order valence-electron chi connectivity index (χ2n) is 8.09. The number of nitrogens with two attached hydrogens (primary N) is 1. The van der Waals surface area contributed by atoms with Crippen molar-refractivity contribution in [1.29, 1.82) is 0 Å². The van der Waals surface area contributed by atoms with Crippen molar-refractivity contribution in [2.45, 2.75) is 51.4 Å². The van der Waals surface area contributed by atoms with Crippen LogP contribution in [-0.4, -0.2) is 30.4 Å². The molecule has 0 bridgehead atoms. The standard InChI is InChI=1S/C24H33NO2/c1-18-10-9-15-23(19(18)2)25-16-22(26)17-27-24(20-11-5-3-6-12-20)21-13-7-4-8-14-21/h3-8,11-14,18-19,22-26H,9-10,15-17H2,1-2H3/p+1/t18-,19+,22-,23-/m0/s1. The highest BCUT2D eigenvalue weighted by molar-refractivity contribution is 5.29. The van der Waals surface area contributed by atoms with Gasteiger partial charge in [0.05, 0.1) is 12.6 Å². The topological polar surface area (TPSA) is 46.1 Å². The summed E-state index contributed by atoms with van der Waals surface area (Å²) in [5, 5.41) is 12.9. The van der Waals surface area contributed by atoms with Crippen LogP contribution >= 0.6 is 0 Å². The van der Waals surface area contributed by atoms with Gasteiger partial charge in [0.2, 0.25) is 0 Å². The molecule has 0 aliphatic heterocycles.